The predicted octanol–water partition coefficient (Wildman–Crippen LogP) is 2.97. The average molecular weight is 445 g/mol. The molecule has 0 spiro atoms. The molecule has 0 aromatic carbocycles. The van der Waals surface area contributed by atoms with E-state index in [-0.39, 0.29) is 18.1 Å². The Hall–Kier alpha value is -0.240. The zero-order valence-electron chi connectivity index (χ0n) is 21.2. The smallest absolute Gasteiger partial charge is 0.0692 e. The van der Waals surface area contributed by atoms with Crippen LogP contribution in [0.15, 0.2) is 0 Å². The first kappa shape index (κ1) is 30.8. The van der Waals surface area contributed by atoms with Gasteiger partial charge in [0.05, 0.1) is 12.2 Å². The quantitative estimate of drug-likeness (QED) is 0.156. The van der Waals surface area contributed by atoms with Crippen molar-refractivity contribution in [1.29, 1.82) is 0 Å². The number of rotatable bonds is 23. The van der Waals surface area contributed by atoms with Crippen molar-refractivity contribution in [3.8, 4) is 0 Å². The summed E-state index contributed by atoms with van der Waals surface area (Å²) < 4.78 is 0. The minimum Gasteiger partial charge on any atom is -0.392 e. The summed E-state index contributed by atoms with van der Waals surface area (Å²) in [6, 6.07) is 0. The molecular weight excluding hydrogens is 388 g/mol. The third kappa shape index (κ3) is 19.0. The van der Waals surface area contributed by atoms with Crippen LogP contribution in [-0.2, 0) is 0 Å². The van der Waals surface area contributed by atoms with Gasteiger partial charge in [-0.1, -0.05) is 79.1 Å². The van der Waals surface area contributed by atoms with Crippen LogP contribution in [0.5, 0.6) is 0 Å². The highest BCUT2D eigenvalue weighted by atomic mass is 16.3. The van der Waals surface area contributed by atoms with Crippen LogP contribution in [-0.4, -0.2) is 79.7 Å². The molecular formula is C25H56N4O2. The van der Waals surface area contributed by atoms with Crippen molar-refractivity contribution < 1.29 is 10.2 Å². The first-order valence-electron chi connectivity index (χ1n) is 13.1. The molecule has 0 aromatic rings. The molecule has 188 valence electrons. The van der Waals surface area contributed by atoms with Crippen LogP contribution >= 0.6 is 0 Å². The van der Waals surface area contributed by atoms with E-state index in [0.717, 1.165) is 39.1 Å². The Balaban J connectivity index is 4.17. The second-order valence-electron chi connectivity index (χ2n) is 9.67. The number of hydrogen-bond donors (Lipinski definition) is 5. The highest BCUT2D eigenvalue weighted by molar-refractivity contribution is 4.74. The van der Waals surface area contributed by atoms with Crippen LogP contribution < -0.4 is 16.4 Å². The summed E-state index contributed by atoms with van der Waals surface area (Å²) in [5.74, 6) is 0.523. The Kier molecular flexibility index (Phi) is 21.4. The molecule has 0 amide bonds. The third-order valence-electron chi connectivity index (χ3n) is 6.23. The van der Waals surface area contributed by atoms with E-state index in [0.29, 0.717) is 25.6 Å². The molecule has 6 N–H and O–H groups in total. The Bertz CT molecular complexity index is 371. The molecule has 6 nitrogen and oxygen atoms in total. The lowest BCUT2D eigenvalue weighted by Gasteiger charge is -2.30. The highest BCUT2D eigenvalue weighted by Crippen LogP contribution is 2.17. The van der Waals surface area contributed by atoms with Gasteiger partial charge in [0.2, 0.25) is 0 Å². The van der Waals surface area contributed by atoms with Crippen molar-refractivity contribution in [2.45, 2.75) is 97.7 Å². The van der Waals surface area contributed by atoms with E-state index in [2.05, 4.69) is 29.4 Å². The van der Waals surface area contributed by atoms with E-state index >= 15 is 0 Å². The largest absolute Gasteiger partial charge is 0.392 e. The Morgan fingerprint density at radius 1 is 0.742 bits per heavy atom. The summed E-state index contributed by atoms with van der Waals surface area (Å²) in [6.45, 7) is 14.8. The molecule has 3 unspecified atom stereocenters. The maximum Gasteiger partial charge on any atom is 0.0692 e. The Morgan fingerprint density at radius 3 is 1.87 bits per heavy atom. The van der Waals surface area contributed by atoms with Gasteiger partial charge in [-0.05, 0) is 18.3 Å². The van der Waals surface area contributed by atoms with Crippen molar-refractivity contribution in [2.24, 2.45) is 17.6 Å². The van der Waals surface area contributed by atoms with Gasteiger partial charge in [-0.15, -0.1) is 0 Å². The van der Waals surface area contributed by atoms with E-state index in [1.807, 2.05) is 13.8 Å². The number of aliphatic hydroxyl groups excluding tert-OH is 2. The zero-order valence-corrected chi connectivity index (χ0v) is 21.2. The molecule has 0 aromatic heterocycles. The van der Waals surface area contributed by atoms with Crippen molar-refractivity contribution >= 4 is 0 Å². The normalized spacial score (nSPS) is 15.0. The van der Waals surface area contributed by atoms with Gasteiger partial charge < -0.3 is 26.6 Å². The van der Waals surface area contributed by atoms with Crippen molar-refractivity contribution in [2.75, 3.05) is 52.4 Å². The van der Waals surface area contributed by atoms with Crippen LogP contribution in [0.4, 0.5) is 0 Å². The average Bonchev–Trinajstić information content (AvgIpc) is 2.74. The molecule has 0 saturated carbocycles. The summed E-state index contributed by atoms with van der Waals surface area (Å²) in [4.78, 5) is 2.22. The zero-order chi connectivity index (χ0) is 23.3. The first-order chi connectivity index (χ1) is 14.9. The molecule has 0 fully saturated rings. The Morgan fingerprint density at radius 2 is 1.29 bits per heavy atom. The highest BCUT2D eigenvalue weighted by Gasteiger charge is 2.21. The Labute approximate surface area is 193 Å². The topological polar surface area (TPSA) is 93.8 Å². The molecule has 3 atom stereocenters. The molecule has 6 heteroatoms. The van der Waals surface area contributed by atoms with Gasteiger partial charge in [0.1, 0.15) is 0 Å². The van der Waals surface area contributed by atoms with Crippen molar-refractivity contribution in [1.82, 2.24) is 15.5 Å². The van der Waals surface area contributed by atoms with Crippen LogP contribution in [0, 0.1) is 11.8 Å². The first-order valence-corrected chi connectivity index (χ1v) is 13.1. The minimum atomic E-state index is -0.360. The molecule has 0 saturated heterocycles. The third-order valence-corrected chi connectivity index (χ3v) is 6.23. The van der Waals surface area contributed by atoms with Gasteiger partial charge in [-0.3, -0.25) is 4.90 Å². The second kappa shape index (κ2) is 21.6. The lowest BCUT2D eigenvalue weighted by atomic mass is 9.96. The minimum absolute atomic E-state index is 0.225. The molecule has 0 aliphatic rings. The van der Waals surface area contributed by atoms with Gasteiger partial charge in [0.25, 0.3) is 0 Å². The van der Waals surface area contributed by atoms with E-state index in [1.54, 1.807) is 0 Å². The number of aliphatic hydroxyl groups is 2. The fourth-order valence-electron chi connectivity index (χ4n) is 3.74. The fourth-order valence-corrected chi connectivity index (χ4v) is 3.74. The maximum absolute atomic E-state index is 10.8. The van der Waals surface area contributed by atoms with Gasteiger partial charge >= 0.3 is 0 Å². The van der Waals surface area contributed by atoms with Crippen molar-refractivity contribution in [3.05, 3.63) is 0 Å². The fraction of sp³-hybridized carbons (Fsp3) is 1.00. The molecule has 0 radical (unpaired) electrons. The molecule has 0 aliphatic carbocycles. The van der Waals surface area contributed by atoms with Gasteiger partial charge in [0, 0.05) is 52.4 Å². The SMILES string of the molecule is CCCCCCCCCCC(C)C(O)CN(CCNCCNCCN)CC(O)C(C)C. The van der Waals surface area contributed by atoms with Crippen LogP contribution in [0.2, 0.25) is 0 Å². The summed E-state index contributed by atoms with van der Waals surface area (Å²) >= 11 is 0. The summed E-state index contributed by atoms with van der Waals surface area (Å²) in [6.07, 6.45) is 11.0. The van der Waals surface area contributed by atoms with E-state index in [4.69, 9.17) is 5.73 Å². The lowest BCUT2D eigenvalue weighted by molar-refractivity contribution is 0.0303. The number of nitrogens with zero attached hydrogens (tertiary/aromatic N) is 1. The maximum atomic E-state index is 10.8. The number of unbranched alkanes of at least 4 members (excludes halogenated alkanes) is 7. The predicted molar refractivity (Wildman–Crippen MR) is 134 cm³/mol. The summed E-state index contributed by atoms with van der Waals surface area (Å²) in [5.41, 5.74) is 5.48. The molecule has 31 heavy (non-hydrogen) atoms. The van der Waals surface area contributed by atoms with Crippen molar-refractivity contribution in [3.63, 3.8) is 0 Å². The lowest BCUT2D eigenvalue weighted by Crippen LogP contribution is -2.44. The summed E-state index contributed by atoms with van der Waals surface area (Å²) in [5, 5.41) is 27.8. The number of hydrogen-bond acceptors (Lipinski definition) is 6. The van der Waals surface area contributed by atoms with Crippen LogP contribution in [0.3, 0.4) is 0 Å². The van der Waals surface area contributed by atoms with Gasteiger partial charge in [-0.25, -0.2) is 0 Å². The number of nitrogens with one attached hydrogen (secondary N) is 2. The number of nitrogens with two attached hydrogens (primary N) is 1. The van der Waals surface area contributed by atoms with Crippen LogP contribution in [0.25, 0.3) is 0 Å². The standard InChI is InChI=1S/C25H56N4O2/c1-5-6-7-8-9-10-11-12-13-23(4)25(31)21-29(20-24(30)22(2)3)19-18-28-17-16-27-15-14-26/h22-25,27-28,30-31H,5-21,26H2,1-4H3. The van der Waals surface area contributed by atoms with Gasteiger partial charge in [-0.2, -0.15) is 0 Å². The molecule has 0 heterocycles. The van der Waals surface area contributed by atoms with Gasteiger partial charge in [0.15, 0.2) is 0 Å². The van der Waals surface area contributed by atoms with E-state index in [9.17, 15) is 10.2 Å². The summed E-state index contributed by atoms with van der Waals surface area (Å²) in [7, 11) is 0. The second-order valence-corrected chi connectivity index (χ2v) is 9.67. The molecule has 0 bridgehead atoms. The monoisotopic (exact) mass is 444 g/mol. The van der Waals surface area contributed by atoms with E-state index < -0.39 is 0 Å². The molecule has 0 aliphatic heterocycles. The molecule has 0 rings (SSSR count). The van der Waals surface area contributed by atoms with E-state index in [1.165, 1.54) is 51.4 Å². The van der Waals surface area contributed by atoms with Crippen LogP contribution in [0.1, 0.15) is 85.5 Å².